The van der Waals surface area contributed by atoms with Gasteiger partial charge in [-0.25, -0.2) is 0 Å². The maximum Gasteiger partial charge on any atom is 0.261 e. The Hall–Kier alpha value is -3.08. The van der Waals surface area contributed by atoms with Crippen molar-refractivity contribution in [2.24, 2.45) is 0 Å². The van der Waals surface area contributed by atoms with Crippen molar-refractivity contribution in [1.82, 2.24) is 4.98 Å². The number of benzene rings is 1. The third-order valence-corrected chi connectivity index (χ3v) is 3.86. The summed E-state index contributed by atoms with van der Waals surface area (Å²) in [6.07, 6.45) is 4.23. The maximum atomic E-state index is 12.6. The van der Waals surface area contributed by atoms with Crippen LogP contribution in [-0.2, 0) is 5.41 Å². The van der Waals surface area contributed by atoms with Gasteiger partial charge in [-0.05, 0) is 23.1 Å². The number of aromatic nitrogens is 1. The molecule has 0 saturated heterocycles. The Balaban J connectivity index is 2.49. The van der Waals surface area contributed by atoms with Crippen molar-refractivity contribution in [2.45, 2.75) is 26.2 Å². The number of carbonyl (C=O) groups is 1. The van der Waals surface area contributed by atoms with Crippen molar-refractivity contribution in [3.63, 3.8) is 0 Å². The van der Waals surface area contributed by atoms with Gasteiger partial charge in [-0.2, -0.15) is 0 Å². The number of aromatic amines is 1. The Labute approximate surface area is 146 Å². The fraction of sp³-hybridized carbons (Fsp3) is 0.200. The van der Waals surface area contributed by atoms with Crippen LogP contribution in [-0.4, -0.2) is 16.0 Å². The minimum Gasteiger partial charge on any atom is -0.508 e. The zero-order valence-corrected chi connectivity index (χ0v) is 14.6. The highest BCUT2D eigenvalue weighted by atomic mass is 16.3. The van der Waals surface area contributed by atoms with Gasteiger partial charge in [0.15, 0.2) is 0 Å². The van der Waals surface area contributed by atoms with Gasteiger partial charge < -0.3 is 15.4 Å². The highest BCUT2D eigenvalue weighted by Gasteiger charge is 2.21. The summed E-state index contributed by atoms with van der Waals surface area (Å²) in [7, 11) is 0. The highest BCUT2D eigenvalue weighted by Crippen LogP contribution is 2.32. The number of nitrogens with one attached hydrogen (secondary N) is 2. The maximum absolute atomic E-state index is 12.6. The SMILES string of the molecule is C=Cc1[nH]cc(C(=O)Nc2cc(O)ccc2C(C)(C)C)c(=O)c1C=C. The largest absolute Gasteiger partial charge is 0.508 e. The molecule has 1 heterocycles. The average molecular weight is 338 g/mol. The molecular weight excluding hydrogens is 316 g/mol. The third-order valence-electron chi connectivity index (χ3n) is 3.86. The molecule has 0 atom stereocenters. The molecule has 5 heteroatoms. The van der Waals surface area contributed by atoms with Crippen molar-refractivity contribution >= 4 is 23.7 Å². The second-order valence-electron chi connectivity index (χ2n) is 6.70. The number of hydrogen-bond donors (Lipinski definition) is 3. The normalized spacial score (nSPS) is 11.0. The Morgan fingerprint density at radius 2 is 1.92 bits per heavy atom. The van der Waals surface area contributed by atoms with Gasteiger partial charge >= 0.3 is 0 Å². The highest BCUT2D eigenvalue weighted by molar-refractivity contribution is 6.05. The van der Waals surface area contributed by atoms with Crippen LogP contribution >= 0.6 is 0 Å². The summed E-state index contributed by atoms with van der Waals surface area (Å²) in [5.41, 5.74) is 1.38. The number of aromatic hydroxyl groups is 1. The van der Waals surface area contributed by atoms with E-state index in [2.05, 4.69) is 23.5 Å². The second kappa shape index (κ2) is 6.81. The van der Waals surface area contributed by atoms with Crippen LogP contribution in [0.2, 0.25) is 0 Å². The molecule has 3 N–H and O–H groups in total. The molecule has 0 aliphatic heterocycles. The van der Waals surface area contributed by atoms with Crippen LogP contribution in [0, 0.1) is 0 Å². The van der Waals surface area contributed by atoms with Crippen molar-refractivity contribution < 1.29 is 9.90 Å². The lowest BCUT2D eigenvalue weighted by Crippen LogP contribution is -2.25. The number of hydrogen-bond acceptors (Lipinski definition) is 3. The van der Waals surface area contributed by atoms with Crippen LogP contribution in [0.3, 0.4) is 0 Å². The summed E-state index contributed by atoms with van der Waals surface area (Å²) in [6.45, 7) is 13.2. The van der Waals surface area contributed by atoms with E-state index >= 15 is 0 Å². The predicted molar refractivity (Wildman–Crippen MR) is 102 cm³/mol. The molecule has 1 aromatic heterocycles. The standard InChI is InChI=1S/C20H22N2O3/c1-6-13-16(7-2)21-11-14(18(13)24)19(25)22-17-10-12(23)8-9-15(17)20(3,4)5/h6-11,23H,1-2H2,3-5H3,(H,21,24)(H,22,25). The van der Waals surface area contributed by atoms with E-state index in [9.17, 15) is 14.7 Å². The zero-order valence-electron chi connectivity index (χ0n) is 14.6. The third kappa shape index (κ3) is 3.71. The Bertz CT molecular complexity index is 902. The van der Waals surface area contributed by atoms with E-state index in [1.807, 2.05) is 20.8 Å². The van der Waals surface area contributed by atoms with Crippen LogP contribution in [0.5, 0.6) is 5.75 Å². The van der Waals surface area contributed by atoms with E-state index < -0.39 is 11.3 Å². The summed E-state index contributed by atoms with van der Waals surface area (Å²) in [5, 5.41) is 12.5. The molecule has 0 bridgehead atoms. The van der Waals surface area contributed by atoms with Gasteiger partial charge in [-0.3, -0.25) is 9.59 Å². The number of amides is 1. The van der Waals surface area contributed by atoms with Crippen LogP contribution < -0.4 is 10.7 Å². The van der Waals surface area contributed by atoms with Crippen molar-refractivity contribution in [3.8, 4) is 5.75 Å². The smallest absolute Gasteiger partial charge is 0.261 e. The van der Waals surface area contributed by atoms with Gasteiger partial charge in [0.1, 0.15) is 11.3 Å². The van der Waals surface area contributed by atoms with Gasteiger partial charge in [0.2, 0.25) is 5.43 Å². The molecule has 0 radical (unpaired) electrons. The first-order valence-corrected chi connectivity index (χ1v) is 7.84. The molecule has 0 unspecified atom stereocenters. The summed E-state index contributed by atoms with van der Waals surface area (Å²) < 4.78 is 0. The van der Waals surface area contributed by atoms with E-state index in [0.717, 1.165) is 5.56 Å². The number of rotatable bonds is 4. The van der Waals surface area contributed by atoms with Crippen LogP contribution in [0.4, 0.5) is 5.69 Å². The van der Waals surface area contributed by atoms with E-state index in [1.54, 1.807) is 12.1 Å². The second-order valence-corrected chi connectivity index (χ2v) is 6.70. The quantitative estimate of drug-likeness (QED) is 0.790. The first kappa shape index (κ1) is 18.3. The molecule has 0 aliphatic carbocycles. The summed E-state index contributed by atoms with van der Waals surface area (Å²) in [4.78, 5) is 28.0. The van der Waals surface area contributed by atoms with Crippen molar-refractivity contribution in [3.05, 3.63) is 70.2 Å². The van der Waals surface area contributed by atoms with E-state index in [4.69, 9.17) is 0 Å². The van der Waals surface area contributed by atoms with Crippen LogP contribution in [0.1, 0.15) is 48.0 Å². The Morgan fingerprint density at radius 3 is 2.48 bits per heavy atom. The number of H-pyrrole nitrogens is 1. The molecule has 1 aromatic carbocycles. The number of phenolic OH excluding ortho intramolecular Hbond substituents is 1. The topological polar surface area (TPSA) is 82.2 Å². The fourth-order valence-corrected chi connectivity index (χ4v) is 2.58. The minimum atomic E-state index is -0.559. The lowest BCUT2D eigenvalue weighted by Gasteiger charge is -2.23. The monoisotopic (exact) mass is 338 g/mol. The average Bonchev–Trinajstić information content (AvgIpc) is 2.53. The molecule has 0 aliphatic rings. The van der Waals surface area contributed by atoms with Crippen molar-refractivity contribution in [2.75, 3.05) is 5.32 Å². The lowest BCUT2D eigenvalue weighted by atomic mass is 9.85. The molecule has 0 spiro atoms. The van der Waals surface area contributed by atoms with Gasteiger partial charge in [0.25, 0.3) is 5.91 Å². The number of anilines is 1. The molecule has 25 heavy (non-hydrogen) atoms. The lowest BCUT2D eigenvalue weighted by molar-refractivity contribution is 0.102. The van der Waals surface area contributed by atoms with Gasteiger partial charge in [0.05, 0.1) is 0 Å². The zero-order chi connectivity index (χ0) is 18.8. The number of carbonyl (C=O) groups excluding carboxylic acids is 1. The Morgan fingerprint density at radius 1 is 1.24 bits per heavy atom. The molecule has 2 rings (SSSR count). The first-order valence-electron chi connectivity index (χ1n) is 7.84. The van der Waals surface area contributed by atoms with Gasteiger partial charge in [-0.15, -0.1) is 0 Å². The summed E-state index contributed by atoms with van der Waals surface area (Å²) >= 11 is 0. The molecule has 1 amide bonds. The summed E-state index contributed by atoms with van der Waals surface area (Å²) in [6, 6.07) is 4.79. The molecule has 130 valence electrons. The molecule has 5 nitrogen and oxygen atoms in total. The number of pyridine rings is 1. The van der Waals surface area contributed by atoms with Crippen LogP contribution in [0.15, 0.2) is 42.3 Å². The molecule has 0 fully saturated rings. The number of phenols is 1. The molecular formula is C20H22N2O3. The van der Waals surface area contributed by atoms with E-state index in [-0.39, 0.29) is 22.3 Å². The van der Waals surface area contributed by atoms with Gasteiger partial charge in [0, 0.05) is 29.2 Å². The molecule has 2 aromatic rings. The summed E-state index contributed by atoms with van der Waals surface area (Å²) in [5.74, 6) is -0.526. The Kier molecular flexibility index (Phi) is 4.97. The van der Waals surface area contributed by atoms with E-state index in [1.165, 1.54) is 24.4 Å². The van der Waals surface area contributed by atoms with Crippen LogP contribution in [0.25, 0.3) is 12.2 Å². The van der Waals surface area contributed by atoms with Crippen molar-refractivity contribution in [1.29, 1.82) is 0 Å². The molecule has 0 saturated carbocycles. The first-order chi connectivity index (χ1) is 11.7. The predicted octanol–water partition coefficient (Wildman–Crippen LogP) is 3.92. The van der Waals surface area contributed by atoms with Gasteiger partial charge in [-0.1, -0.05) is 46.1 Å². The minimum absolute atomic E-state index is 0.0333. The fourth-order valence-electron chi connectivity index (χ4n) is 2.58. The van der Waals surface area contributed by atoms with E-state index in [0.29, 0.717) is 11.4 Å².